The van der Waals surface area contributed by atoms with Crippen LogP contribution in [-0.2, 0) is 22.7 Å². The maximum absolute atomic E-state index is 6.75. The fraction of sp³-hybridized carbons (Fsp3) is 0.314. The molecule has 0 spiro atoms. The number of rotatable bonds is 8. The van der Waals surface area contributed by atoms with Crippen LogP contribution in [0.4, 0.5) is 0 Å². The van der Waals surface area contributed by atoms with Crippen molar-refractivity contribution in [3.8, 4) is 34.1 Å². The molecule has 0 unspecified atom stereocenters. The van der Waals surface area contributed by atoms with Crippen molar-refractivity contribution in [3.63, 3.8) is 0 Å². The molecule has 0 saturated carbocycles. The Morgan fingerprint density at radius 2 is 0.927 bits per heavy atom. The summed E-state index contributed by atoms with van der Waals surface area (Å²) in [6.07, 6.45) is 2.10. The molecule has 0 saturated heterocycles. The zero-order valence-corrected chi connectivity index (χ0v) is 23.2. The number of hydrogen-bond donors (Lipinski definition) is 0. The Labute approximate surface area is 241 Å². The summed E-state index contributed by atoms with van der Waals surface area (Å²) in [5.74, 6) is 2.94. The maximum Gasteiger partial charge on any atom is 0.161 e. The third-order valence-corrected chi connectivity index (χ3v) is 7.29. The standard InChI is InChI=1S/C35H36O6/c1-4-12-26(13-5-1)22-36-24-32-33(25-37-23-27-14-6-2-7-15-27)41-31-19-11-17-29-35(31)34-28(16-10-18-30(34)40-32)38-20-8-3-9-21-39-29/h1-2,4-7,10-19,32-33H,3,8-9,20-25H2/t32-,33-/m1/s1. The highest BCUT2D eigenvalue weighted by Crippen LogP contribution is 2.49. The monoisotopic (exact) mass is 552 g/mol. The van der Waals surface area contributed by atoms with Crippen LogP contribution in [0.5, 0.6) is 23.0 Å². The van der Waals surface area contributed by atoms with Crippen LogP contribution in [0, 0.1) is 0 Å². The lowest BCUT2D eigenvalue weighted by Crippen LogP contribution is -2.44. The molecule has 2 aliphatic rings. The lowest BCUT2D eigenvalue weighted by molar-refractivity contribution is -0.0553. The zero-order valence-electron chi connectivity index (χ0n) is 23.2. The first-order valence-corrected chi connectivity index (χ1v) is 14.4. The van der Waals surface area contributed by atoms with Gasteiger partial charge in [0.15, 0.2) is 12.2 Å². The largest absolute Gasteiger partial charge is 0.493 e. The lowest BCUT2D eigenvalue weighted by Gasteiger charge is -2.33. The summed E-state index contributed by atoms with van der Waals surface area (Å²) in [7, 11) is 0. The second-order valence-electron chi connectivity index (χ2n) is 10.3. The zero-order chi connectivity index (χ0) is 27.7. The number of hydrogen-bond acceptors (Lipinski definition) is 6. The van der Waals surface area contributed by atoms with Gasteiger partial charge in [0.05, 0.1) is 50.8 Å². The van der Waals surface area contributed by atoms with Crippen LogP contribution in [0.1, 0.15) is 30.4 Å². The van der Waals surface area contributed by atoms with Crippen molar-refractivity contribution in [2.75, 3.05) is 26.4 Å². The van der Waals surface area contributed by atoms with Gasteiger partial charge in [0.2, 0.25) is 0 Å². The van der Waals surface area contributed by atoms with E-state index in [0.717, 1.165) is 53.0 Å². The van der Waals surface area contributed by atoms with Crippen molar-refractivity contribution >= 4 is 0 Å². The van der Waals surface area contributed by atoms with Crippen molar-refractivity contribution in [2.24, 2.45) is 0 Å². The second kappa shape index (κ2) is 13.6. The van der Waals surface area contributed by atoms with E-state index in [4.69, 9.17) is 28.4 Å². The smallest absolute Gasteiger partial charge is 0.161 e. The second-order valence-corrected chi connectivity index (χ2v) is 10.3. The molecule has 2 heterocycles. The van der Waals surface area contributed by atoms with E-state index in [1.807, 2.05) is 72.8 Å². The Morgan fingerprint density at radius 3 is 1.39 bits per heavy atom. The van der Waals surface area contributed by atoms with Crippen molar-refractivity contribution in [2.45, 2.75) is 44.7 Å². The number of ether oxygens (including phenoxy) is 6. The molecule has 4 aromatic carbocycles. The molecule has 0 aromatic heterocycles. The van der Waals surface area contributed by atoms with Crippen molar-refractivity contribution < 1.29 is 28.4 Å². The van der Waals surface area contributed by atoms with Gasteiger partial charge in [-0.1, -0.05) is 72.8 Å². The van der Waals surface area contributed by atoms with Gasteiger partial charge < -0.3 is 28.4 Å². The molecule has 0 N–H and O–H groups in total. The highest BCUT2D eigenvalue weighted by Gasteiger charge is 2.33. The highest BCUT2D eigenvalue weighted by molar-refractivity contribution is 5.85. The number of benzene rings is 4. The van der Waals surface area contributed by atoms with Crippen molar-refractivity contribution in [1.29, 1.82) is 0 Å². The van der Waals surface area contributed by atoms with Crippen LogP contribution >= 0.6 is 0 Å². The van der Waals surface area contributed by atoms with E-state index >= 15 is 0 Å². The van der Waals surface area contributed by atoms with Crippen LogP contribution < -0.4 is 18.9 Å². The lowest BCUT2D eigenvalue weighted by atomic mass is 9.99. The summed E-state index contributed by atoms with van der Waals surface area (Å²) in [5.41, 5.74) is 3.89. The van der Waals surface area contributed by atoms with Crippen molar-refractivity contribution in [3.05, 3.63) is 108 Å². The van der Waals surface area contributed by atoms with Gasteiger partial charge in [-0.05, 0) is 54.7 Å². The Bertz CT molecular complexity index is 1280. The van der Waals surface area contributed by atoms with Gasteiger partial charge in [0, 0.05) is 0 Å². The molecule has 0 amide bonds. The van der Waals surface area contributed by atoms with E-state index in [2.05, 4.69) is 24.3 Å². The van der Waals surface area contributed by atoms with E-state index < -0.39 is 12.2 Å². The molecule has 212 valence electrons. The summed E-state index contributed by atoms with van der Waals surface area (Å²) in [6.45, 7) is 2.86. The van der Waals surface area contributed by atoms with Crippen LogP contribution in [0.2, 0.25) is 0 Å². The van der Waals surface area contributed by atoms with Gasteiger partial charge >= 0.3 is 0 Å². The summed E-state index contributed by atoms with van der Waals surface area (Å²) in [4.78, 5) is 0. The minimum Gasteiger partial charge on any atom is -0.493 e. The minimum absolute atomic E-state index is 0.324. The predicted molar refractivity (Wildman–Crippen MR) is 158 cm³/mol. The summed E-state index contributed by atoms with van der Waals surface area (Å²) in [5, 5.41) is 0. The normalized spacial score (nSPS) is 18.1. The molecule has 6 heteroatoms. The van der Waals surface area contributed by atoms with E-state index in [1.165, 1.54) is 0 Å². The maximum atomic E-state index is 6.75. The summed E-state index contributed by atoms with van der Waals surface area (Å²) >= 11 is 0. The molecule has 0 aliphatic carbocycles. The molecule has 6 rings (SSSR count). The third kappa shape index (κ3) is 6.84. The van der Waals surface area contributed by atoms with Crippen LogP contribution in [0.15, 0.2) is 97.1 Å². The molecule has 2 aliphatic heterocycles. The van der Waals surface area contributed by atoms with Crippen LogP contribution in [0.3, 0.4) is 0 Å². The van der Waals surface area contributed by atoms with E-state index in [1.54, 1.807) is 0 Å². The third-order valence-electron chi connectivity index (χ3n) is 7.29. The van der Waals surface area contributed by atoms with Gasteiger partial charge in [-0.25, -0.2) is 0 Å². The molecular weight excluding hydrogens is 516 g/mol. The molecule has 0 radical (unpaired) electrons. The first kappa shape index (κ1) is 27.2. The predicted octanol–water partition coefficient (Wildman–Crippen LogP) is 7.24. The minimum atomic E-state index is -0.433. The van der Waals surface area contributed by atoms with Gasteiger partial charge in [0.1, 0.15) is 23.0 Å². The summed E-state index contributed by atoms with van der Waals surface area (Å²) in [6, 6.07) is 32.2. The van der Waals surface area contributed by atoms with E-state index in [0.29, 0.717) is 51.1 Å². The summed E-state index contributed by atoms with van der Waals surface area (Å²) < 4.78 is 38.5. The average Bonchev–Trinajstić information content (AvgIpc) is 3.04. The fourth-order valence-electron chi connectivity index (χ4n) is 5.19. The van der Waals surface area contributed by atoms with Gasteiger partial charge in [-0.2, -0.15) is 0 Å². The van der Waals surface area contributed by atoms with E-state index in [9.17, 15) is 0 Å². The first-order valence-electron chi connectivity index (χ1n) is 14.4. The van der Waals surface area contributed by atoms with Crippen LogP contribution in [0.25, 0.3) is 11.1 Å². The highest BCUT2D eigenvalue weighted by atomic mass is 16.6. The molecule has 0 bridgehead atoms. The van der Waals surface area contributed by atoms with Gasteiger partial charge in [0.25, 0.3) is 0 Å². The quantitative estimate of drug-likeness (QED) is 0.230. The Balaban J connectivity index is 1.33. The average molecular weight is 553 g/mol. The topological polar surface area (TPSA) is 55.4 Å². The molecule has 4 aromatic rings. The van der Waals surface area contributed by atoms with Gasteiger partial charge in [-0.3, -0.25) is 0 Å². The SMILES string of the molecule is c1ccc(COC[C@H]2Oc3cccc4c3-c3c(cccc3O[C@@H]2COCc2ccccc2)OCCCCCO4)cc1. The van der Waals surface area contributed by atoms with Crippen LogP contribution in [-0.4, -0.2) is 38.6 Å². The fourth-order valence-corrected chi connectivity index (χ4v) is 5.19. The molecule has 41 heavy (non-hydrogen) atoms. The Morgan fingerprint density at radius 1 is 0.488 bits per heavy atom. The Kier molecular flexibility index (Phi) is 9.00. The van der Waals surface area contributed by atoms with E-state index in [-0.39, 0.29) is 0 Å². The molecule has 2 atom stereocenters. The van der Waals surface area contributed by atoms with Gasteiger partial charge in [-0.15, -0.1) is 0 Å². The molecular formula is C35H36O6. The molecule has 0 fully saturated rings. The van der Waals surface area contributed by atoms with Crippen molar-refractivity contribution in [1.82, 2.24) is 0 Å². The Hall–Kier alpha value is -4.00. The first-order chi connectivity index (χ1) is 20.3. The molecule has 6 nitrogen and oxygen atoms in total.